The fourth-order valence-electron chi connectivity index (χ4n) is 4.28. The quantitative estimate of drug-likeness (QED) is 0.642. The molecule has 174 valence electrons. The van der Waals surface area contributed by atoms with E-state index in [1.54, 1.807) is 27.4 Å². The van der Waals surface area contributed by atoms with Gasteiger partial charge in [0.25, 0.3) is 6.47 Å². The molecule has 0 aromatic heterocycles. The Kier molecular flexibility index (Phi) is 7.69. The summed E-state index contributed by atoms with van der Waals surface area (Å²) in [5.41, 5.74) is 2.57. The van der Waals surface area contributed by atoms with E-state index in [1.165, 1.54) is 0 Å². The smallest absolute Gasteiger partial charge is 0.293 e. The van der Waals surface area contributed by atoms with Gasteiger partial charge in [-0.25, -0.2) is 0 Å². The van der Waals surface area contributed by atoms with Crippen molar-refractivity contribution < 1.29 is 38.3 Å². The molecular formula is C24H30O8. The zero-order chi connectivity index (χ0) is 23.3. The van der Waals surface area contributed by atoms with E-state index in [0.29, 0.717) is 41.6 Å². The highest BCUT2D eigenvalue weighted by Gasteiger charge is 2.37. The van der Waals surface area contributed by atoms with Crippen LogP contribution in [0.15, 0.2) is 24.3 Å². The summed E-state index contributed by atoms with van der Waals surface area (Å²) in [5, 5.41) is 11.0. The first kappa shape index (κ1) is 23.5. The molecule has 3 atom stereocenters. The van der Waals surface area contributed by atoms with E-state index in [1.807, 2.05) is 32.0 Å². The topological polar surface area (TPSA) is 92.7 Å². The van der Waals surface area contributed by atoms with Gasteiger partial charge in [-0.05, 0) is 47.4 Å². The van der Waals surface area contributed by atoms with Gasteiger partial charge in [0.2, 0.25) is 12.5 Å². The SMILES string of the molecule is CC.COc1cc([C@H]2CC(COC=O)[C@@H](O)c3cc4c(cc32)OCO4)cc(OC)c1OC. The van der Waals surface area contributed by atoms with Gasteiger partial charge < -0.3 is 33.5 Å². The van der Waals surface area contributed by atoms with Crippen molar-refractivity contribution in [1.29, 1.82) is 0 Å². The maximum atomic E-state index is 11.0. The van der Waals surface area contributed by atoms with Crippen molar-refractivity contribution in [3.63, 3.8) is 0 Å². The predicted molar refractivity (Wildman–Crippen MR) is 117 cm³/mol. The van der Waals surface area contributed by atoms with Crippen LogP contribution in [0.25, 0.3) is 0 Å². The Morgan fingerprint density at radius 1 is 0.969 bits per heavy atom. The highest BCUT2D eigenvalue weighted by Crippen LogP contribution is 2.51. The van der Waals surface area contributed by atoms with Gasteiger partial charge in [-0.3, -0.25) is 4.79 Å². The summed E-state index contributed by atoms with van der Waals surface area (Å²) >= 11 is 0. The van der Waals surface area contributed by atoms with Gasteiger partial charge in [-0.1, -0.05) is 13.8 Å². The average Bonchev–Trinajstić information content (AvgIpc) is 3.30. The highest BCUT2D eigenvalue weighted by molar-refractivity contribution is 5.58. The number of methoxy groups -OCH3 is 3. The number of carbonyl (C=O) groups excluding carboxylic acids is 1. The number of ether oxygens (including phenoxy) is 6. The zero-order valence-corrected chi connectivity index (χ0v) is 19.0. The molecule has 1 unspecified atom stereocenters. The van der Waals surface area contributed by atoms with Crippen LogP contribution in [-0.2, 0) is 9.53 Å². The van der Waals surface area contributed by atoms with E-state index < -0.39 is 6.10 Å². The summed E-state index contributed by atoms with van der Waals surface area (Å²) in [6, 6.07) is 7.51. The third-order valence-corrected chi connectivity index (χ3v) is 5.73. The second kappa shape index (κ2) is 10.5. The summed E-state index contributed by atoms with van der Waals surface area (Å²) < 4.78 is 32.5. The van der Waals surface area contributed by atoms with Crippen LogP contribution in [-0.4, -0.2) is 46.3 Å². The molecule has 0 amide bonds. The van der Waals surface area contributed by atoms with Crippen molar-refractivity contribution in [3.05, 3.63) is 41.0 Å². The van der Waals surface area contributed by atoms with Gasteiger partial charge in [0, 0.05) is 11.8 Å². The van der Waals surface area contributed by atoms with Crippen LogP contribution in [0.5, 0.6) is 28.7 Å². The maximum absolute atomic E-state index is 11.0. The minimum absolute atomic E-state index is 0.111. The van der Waals surface area contributed by atoms with E-state index in [9.17, 15) is 9.90 Å². The van der Waals surface area contributed by atoms with Crippen molar-refractivity contribution >= 4 is 6.47 Å². The molecule has 0 saturated heterocycles. The third-order valence-electron chi connectivity index (χ3n) is 5.73. The molecule has 0 fully saturated rings. The normalized spacial score (nSPS) is 20.4. The van der Waals surface area contributed by atoms with Crippen molar-refractivity contribution in [1.82, 2.24) is 0 Å². The number of carbonyl (C=O) groups is 1. The van der Waals surface area contributed by atoms with Crippen LogP contribution in [0.2, 0.25) is 0 Å². The highest BCUT2D eigenvalue weighted by atomic mass is 16.7. The number of rotatable bonds is 7. The lowest BCUT2D eigenvalue weighted by atomic mass is 9.72. The first-order valence-electron chi connectivity index (χ1n) is 10.6. The number of fused-ring (bicyclic) bond motifs is 2. The van der Waals surface area contributed by atoms with E-state index in [4.69, 9.17) is 28.4 Å². The molecule has 2 aromatic carbocycles. The minimum atomic E-state index is -0.798. The Morgan fingerprint density at radius 2 is 1.56 bits per heavy atom. The molecule has 0 bridgehead atoms. The summed E-state index contributed by atoms with van der Waals surface area (Å²) in [5.74, 6) is 2.42. The first-order chi connectivity index (χ1) is 15.6. The second-order valence-electron chi connectivity index (χ2n) is 7.22. The molecule has 1 aliphatic carbocycles. The van der Waals surface area contributed by atoms with Crippen molar-refractivity contribution in [2.45, 2.75) is 32.3 Å². The number of hydrogen-bond acceptors (Lipinski definition) is 8. The predicted octanol–water partition coefficient (Wildman–Crippen LogP) is 3.83. The standard InChI is InChI=1S/C22H24O8.C2H6/c1-25-19-5-12(6-20(26-2)22(19)27-3)14-4-13(9-28-10-23)21(24)16-8-18-17(7-15(14)16)29-11-30-18;1-2/h5-8,10,13-14,21,24H,4,9,11H2,1-3H3;1-2H3/t13?,14-,21-;/m1./s1. The lowest BCUT2D eigenvalue weighted by molar-refractivity contribution is -0.131. The van der Waals surface area contributed by atoms with E-state index in [0.717, 1.165) is 16.7 Å². The molecule has 32 heavy (non-hydrogen) atoms. The van der Waals surface area contributed by atoms with Crippen molar-refractivity contribution in [2.75, 3.05) is 34.7 Å². The fraction of sp³-hybridized carbons (Fsp3) is 0.458. The van der Waals surface area contributed by atoms with Crippen LogP contribution in [0.1, 0.15) is 49.0 Å². The molecule has 4 rings (SSSR count). The van der Waals surface area contributed by atoms with Crippen LogP contribution >= 0.6 is 0 Å². The van der Waals surface area contributed by atoms with Gasteiger partial charge >= 0.3 is 0 Å². The molecule has 0 spiro atoms. The Balaban J connectivity index is 0.00000141. The molecule has 1 N–H and O–H groups in total. The van der Waals surface area contributed by atoms with E-state index >= 15 is 0 Å². The zero-order valence-electron chi connectivity index (χ0n) is 19.0. The number of aliphatic hydroxyl groups is 1. The largest absolute Gasteiger partial charge is 0.493 e. The van der Waals surface area contributed by atoms with Gasteiger partial charge in [-0.2, -0.15) is 0 Å². The summed E-state index contributed by atoms with van der Waals surface area (Å²) in [6.07, 6.45) is -0.243. The molecule has 8 heteroatoms. The van der Waals surface area contributed by atoms with Gasteiger partial charge in [0.15, 0.2) is 23.0 Å². The Labute approximate surface area is 187 Å². The summed E-state index contributed by atoms with van der Waals surface area (Å²) in [6.45, 7) is 4.65. The van der Waals surface area contributed by atoms with E-state index in [2.05, 4.69) is 0 Å². The Bertz CT molecular complexity index is 917. The van der Waals surface area contributed by atoms with Gasteiger partial charge in [0.05, 0.1) is 34.0 Å². The molecule has 8 nitrogen and oxygen atoms in total. The Morgan fingerprint density at radius 3 is 2.09 bits per heavy atom. The molecule has 2 aliphatic rings. The van der Waals surface area contributed by atoms with Crippen LogP contribution < -0.4 is 23.7 Å². The van der Waals surface area contributed by atoms with Crippen LogP contribution in [0.3, 0.4) is 0 Å². The first-order valence-corrected chi connectivity index (χ1v) is 10.6. The summed E-state index contributed by atoms with van der Waals surface area (Å²) in [4.78, 5) is 10.8. The molecule has 2 aromatic rings. The molecule has 1 heterocycles. The Hall–Kier alpha value is -3.13. The minimum Gasteiger partial charge on any atom is -0.493 e. The average molecular weight is 446 g/mol. The second-order valence-corrected chi connectivity index (χ2v) is 7.22. The number of benzene rings is 2. The number of hydrogen-bond donors (Lipinski definition) is 1. The van der Waals surface area contributed by atoms with Gasteiger partial charge in [0.1, 0.15) is 0 Å². The number of aliphatic hydroxyl groups excluding tert-OH is 1. The molecular weight excluding hydrogens is 416 g/mol. The molecule has 0 saturated carbocycles. The molecule has 0 radical (unpaired) electrons. The summed E-state index contributed by atoms with van der Waals surface area (Å²) in [7, 11) is 4.69. The third kappa shape index (κ3) is 4.27. The lowest BCUT2D eigenvalue weighted by Gasteiger charge is -2.35. The molecule has 1 aliphatic heterocycles. The van der Waals surface area contributed by atoms with Gasteiger partial charge in [-0.15, -0.1) is 0 Å². The van der Waals surface area contributed by atoms with Crippen LogP contribution in [0.4, 0.5) is 0 Å². The maximum Gasteiger partial charge on any atom is 0.293 e. The monoisotopic (exact) mass is 446 g/mol. The van der Waals surface area contributed by atoms with Crippen molar-refractivity contribution in [3.8, 4) is 28.7 Å². The lowest BCUT2D eigenvalue weighted by Crippen LogP contribution is -2.28. The van der Waals surface area contributed by atoms with E-state index in [-0.39, 0.29) is 25.2 Å². The van der Waals surface area contributed by atoms with Crippen LogP contribution in [0, 0.1) is 5.92 Å². The van der Waals surface area contributed by atoms with Crippen molar-refractivity contribution in [2.24, 2.45) is 5.92 Å². The fourth-order valence-corrected chi connectivity index (χ4v) is 4.28.